The third-order valence-electron chi connectivity index (χ3n) is 3.11. The highest BCUT2D eigenvalue weighted by Crippen LogP contribution is 2.25. The largest absolute Gasteiger partial charge is 0.374 e. The van der Waals surface area contributed by atoms with Crippen LogP contribution in [0.1, 0.15) is 12.8 Å². The molecular formula is C11H22N2OS. The first-order valence-corrected chi connectivity index (χ1v) is 7.02. The van der Waals surface area contributed by atoms with Gasteiger partial charge in [-0.25, -0.2) is 0 Å². The lowest BCUT2D eigenvalue weighted by Crippen LogP contribution is -2.45. The van der Waals surface area contributed by atoms with E-state index in [1.165, 1.54) is 18.6 Å². The summed E-state index contributed by atoms with van der Waals surface area (Å²) in [6.07, 6.45) is 3.19. The number of ether oxygens (including phenoxy) is 1. The number of nitrogens with one attached hydrogen (secondary N) is 1. The highest BCUT2D eigenvalue weighted by atomic mass is 32.2. The Morgan fingerprint density at radius 2 is 2.40 bits per heavy atom. The van der Waals surface area contributed by atoms with E-state index < -0.39 is 0 Å². The van der Waals surface area contributed by atoms with Crippen molar-refractivity contribution in [2.24, 2.45) is 0 Å². The van der Waals surface area contributed by atoms with Gasteiger partial charge in [-0.2, -0.15) is 11.8 Å². The van der Waals surface area contributed by atoms with Gasteiger partial charge in [-0.15, -0.1) is 0 Å². The maximum atomic E-state index is 5.70. The van der Waals surface area contributed by atoms with E-state index in [9.17, 15) is 0 Å². The Morgan fingerprint density at radius 3 is 3.13 bits per heavy atom. The molecule has 0 amide bonds. The Hall–Kier alpha value is 0.230. The summed E-state index contributed by atoms with van der Waals surface area (Å²) in [6.45, 7) is 5.22. The van der Waals surface area contributed by atoms with Crippen LogP contribution in [-0.4, -0.2) is 61.8 Å². The highest BCUT2D eigenvalue weighted by Gasteiger charge is 2.19. The molecule has 0 spiro atoms. The van der Waals surface area contributed by atoms with E-state index in [1.807, 2.05) is 0 Å². The van der Waals surface area contributed by atoms with Crippen molar-refractivity contribution in [2.45, 2.75) is 24.2 Å². The van der Waals surface area contributed by atoms with Gasteiger partial charge < -0.3 is 15.0 Å². The van der Waals surface area contributed by atoms with Crippen LogP contribution in [0.15, 0.2) is 0 Å². The van der Waals surface area contributed by atoms with Crippen LogP contribution < -0.4 is 5.32 Å². The van der Waals surface area contributed by atoms with Gasteiger partial charge in [-0.3, -0.25) is 0 Å². The monoisotopic (exact) mass is 230 g/mol. The van der Waals surface area contributed by atoms with Crippen LogP contribution in [0, 0.1) is 0 Å². The molecule has 4 heteroatoms. The van der Waals surface area contributed by atoms with Crippen molar-refractivity contribution >= 4 is 11.8 Å². The molecule has 3 nitrogen and oxygen atoms in total. The summed E-state index contributed by atoms with van der Waals surface area (Å²) in [6, 6.07) is 0. The summed E-state index contributed by atoms with van der Waals surface area (Å²) >= 11 is 2.12. The van der Waals surface area contributed by atoms with Gasteiger partial charge in [0.1, 0.15) is 0 Å². The first-order chi connectivity index (χ1) is 7.34. The predicted octanol–water partition coefficient (Wildman–Crippen LogP) is 0.802. The number of hydrogen-bond donors (Lipinski definition) is 1. The van der Waals surface area contributed by atoms with Crippen LogP contribution in [0.4, 0.5) is 0 Å². The molecule has 2 rings (SSSR count). The summed E-state index contributed by atoms with van der Waals surface area (Å²) in [7, 11) is 2.17. The maximum absolute atomic E-state index is 5.70. The first-order valence-electron chi connectivity index (χ1n) is 5.97. The van der Waals surface area contributed by atoms with Crippen molar-refractivity contribution in [1.82, 2.24) is 10.2 Å². The van der Waals surface area contributed by atoms with Crippen molar-refractivity contribution in [1.29, 1.82) is 0 Å². The number of thioether (sulfide) groups is 1. The normalized spacial score (nSPS) is 33.4. The van der Waals surface area contributed by atoms with Gasteiger partial charge >= 0.3 is 0 Å². The minimum Gasteiger partial charge on any atom is -0.374 e. The Labute approximate surface area is 96.9 Å². The van der Waals surface area contributed by atoms with Crippen LogP contribution in [0.25, 0.3) is 0 Å². The van der Waals surface area contributed by atoms with Gasteiger partial charge in [-0.05, 0) is 25.6 Å². The number of rotatable bonds is 4. The fourth-order valence-electron chi connectivity index (χ4n) is 2.20. The predicted molar refractivity (Wildman–Crippen MR) is 65.6 cm³/mol. The van der Waals surface area contributed by atoms with E-state index in [0.29, 0.717) is 6.10 Å². The van der Waals surface area contributed by atoms with Crippen molar-refractivity contribution < 1.29 is 4.74 Å². The molecule has 2 fully saturated rings. The van der Waals surface area contributed by atoms with Gasteiger partial charge in [-0.1, -0.05) is 0 Å². The molecule has 0 radical (unpaired) electrons. The molecule has 2 heterocycles. The zero-order valence-corrected chi connectivity index (χ0v) is 10.4. The fourth-order valence-corrected chi connectivity index (χ4v) is 3.44. The second-order valence-electron chi connectivity index (χ2n) is 4.55. The zero-order valence-electron chi connectivity index (χ0n) is 9.58. The van der Waals surface area contributed by atoms with Crippen molar-refractivity contribution in [3.05, 3.63) is 0 Å². The van der Waals surface area contributed by atoms with Crippen molar-refractivity contribution in [3.8, 4) is 0 Å². The first kappa shape index (κ1) is 11.7. The smallest absolute Gasteiger partial charge is 0.0826 e. The van der Waals surface area contributed by atoms with Crippen LogP contribution in [0.2, 0.25) is 0 Å². The van der Waals surface area contributed by atoms with Crippen LogP contribution in [0.5, 0.6) is 0 Å². The molecule has 2 aliphatic rings. The molecule has 2 atom stereocenters. The fraction of sp³-hybridized carbons (Fsp3) is 1.00. The second kappa shape index (κ2) is 6.09. The van der Waals surface area contributed by atoms with E-state index in [1.54, 1.807) is 0 Å². The quantitative estimate of drug-likeness (QED) is 0.772. The number of nitrogens with zero attached hydrogens (tertiary/aromatic N) is 1. The molecule has 0 aliphatic carbocycles. The Morgan fingerprint density at radius 1 is 1.47 bits per heavy atom. The molecule has 88 valence electrons. The van der Waals surface area contributed by atoms with E-state index in [0.717, 1.165) is 38.0 Å². The lowest BCUT2D eigenvalue weighted by Gasteiger charge is -2.30. The van der Waals surface area contributed by atoms with E-state index in [4.69, 9.17) is 4.74 Å². The molecule has 15 heavy (non-hydrogen) atoms. The molecule has 0 saturated carbocycles. The summed E-state index contributed by atoms with van der Waals surface area (Å²) in [5.41, 5.74) is 0. The molecule has 0 aromatic heterocycles. The molecule has 0 aromatic carbocycles. The summed E-state index contributed by atoms with van der Waals surface area (Å²) < 4.78 is 5.70. The number of likely N-dealkylation sites (N-methyl/N-ethyl adjacent to an activating group) is 1. The van der Waals surface area contributed by atoms with E-state index >= 15 is 0 Å². The Balaban J connectivity index is 1.56. The van der Waals surface area contributed by atoms with E-state index in [-0.39, 0.29) is 0 Å². The van der Waals surface area contributed by atoms with Gasteiger partial charge in [0, 0.05) is 31.4 Å². The minimum atomic E-state index is 0.398. The Bertz CT molecular complexity index is 185. The number of hydrogen-bond acceptors (Lipinski definition) is 4. The third kappa shape index (κ3) is 3.94. The van der Waals surface area contributed by atoms with Gasteiger partial charge in [0.05, 0.1) is 12.7 Å². The average Bonchev–Trinajstić information content (AvgIpc) is 2.71. The Kier molecular flexibility index (Phi) is 4.75. The topological polar surface area (TPSA) is 24.5 Å². The summed E-state index contributed by atoms with van der Waals surface area (Å²) in [5.74, 6) is 1.36. The van der Waals surface area contributed by atoms with Crippen LogP contribution >= 0.6 is 11.8 Å². The number of morpholine rings is 1. The maximum Gasteiger partial charge on any atom is 0.0826 e. The highest BCUT2D eigenvalue weighted by molar-refractivity contribution is 8.00. The minimum absolute atomic E-state index is 0.398. The lowest BCUT2D eigenvalue weighted by molar-refractivity contribution is -0.0179. The lowest BCUT2D eigenvalue weighted by atomic mass is 10.2. The molecule has 0 aromatic rings. The summed E-state index contributed by atoms with van der Waals surface area (Å²) in [5, 5.41) is 4.40. The molecule has 1 N–H and O–H groups in total. The van der Waals surface area contributed by atoms with Crippen LogP contribution in [0.3, 0.4) is 0 Å². The molecule has 2 aliphatic heterocycles. The molecule has 0 bridgehead atoms. The standard InChI is InChI=1S/C11H22N2OS/c1-13-4-5-14-10(9-13)7-12-8-11-3-2-6-15-11/h10-12H,2-9H2,1H3. The van der Waals surface area contributed by atoms with Gasteiger partial charge in [0.2, 0.25) is 0 Å². The van der Waals surface area contributed by atoms with Crippen molar-refractivity contribution in [2.75, 3.05) is 45.6 Å². The van der Waals surface area contributed by atoms with Gasteiger partial charge in [0.15, 0.2) is 0 Å². The molecular weight excluding hydrogens is 208 g/mol. The second-order valence-corrected chi connectivity index (χ2v) is 5.96. The van der Waals surface area contributed by atoms with E-state index in [2.05, 4.69) is 29.0 Å². The zero-order chi connectivity index (χ0) is 10.5. The van der Waals surface area contributed by atoms with Gasteiger partial charge in [0.25, 0.3) is 0 Å². The van der Waals surface area contributed by atoms with Crippen molar-refractivity contribution in [3.63, 3.8) is 0 Å². The third-order valence-corrected chi connectivity index (χ3v) is 4.51. The average molecular weight is 230 g/mol. The summed E-state index contributed by atoms with van der Waals surface area (Å²) in [4.78, 5) is 2.35. The van der Waals surface area contributed by atoms with Crippen LogP contribution in [-0.2, 0) is 4.74 Å². The molecule has 2 unspecified atom stereocenters. The SMILES string of the molecule is CN1CCOC(CNCC2CCCS2)C1. The molecule has 2 saturated heterocycles.